The zero-order valence-electron chi connectivity index (χ0n) is 6.21. The van der Waals surface area contributed by atoms with E-state index >= 15 is 0 Å². The van der Waals surface area contributed by atoms with Crippen LogP contribution in [0.15, 0.2) is 0 Å². The van der Waals surface area contributed by atoms with Gasteiger partial charge in [0.05, 0.1) is 6.04 Å². The predicted molar refractivity (Wildman–Crippen MR) is 36.9 cm³/mol. The number of hydrogen-bond donors (Lipinski definition) is 5. The maximum Gasteiger partial charge on any atom is 0.146 e. The summed E-state index contributed by atoms with van der Waals surface area (Å²) in [6, 6.07) is -1.36. The molecule has 6 atom stereocenters. The van der Waals surface area contributed by atoms with Crippen molar-refractivity contribution < 1.29 is 24.8 Å². The zero-order chi connectivity index (χ0) is 9.46. The minimum atomic E-state index is -1.92. The van der Waals surface area contributed by atoms with E-state index < -0.39 is 36.6 Å². The molecule has 0 heterocycles. The Morgan fingerprint density at radius 3 is 1.75 bits per heavy atom. The van der Waals surface area contributed by atoms with E-state index in [0.717, 1.165) is 0 Å². The van der Waals surface area contributed by atoms with Gasteiger partial charge in [0.15, 0.2) is 0 Å². The first kappa shape index (κ1) is 9.82. The van der Waals surface area contributed by atoms with Gasteiger partial charge in [-0.05, 0) is 0 Å². The Balaban J connectivity index is 2.76. The van der Waals surface area contributed by atoms with Gasteiger partial charge in [0, 0.05) is 0 Å². The monoisotopic (exact) mass is 181 g/mol. The van der Waals surface area contributed by atoms with Gasteiger partial charge in [-0.3, -0.25) is 0 Å². The summed E-state index contributed by atoms with van der Waals surface area (Å²) in [6.45, 7) is 0. The highest BCUT2D eigenvalue weighted by atomic mass is 19.1. The molecule has 0 saturated heterocycles. The summed E-state index contributed by atoms with van der Waals surface area (Å²) in [6.07, 6.45) is -8.48. The Labute approximate surface area is 68.2 Å². The van der Waals surface area contributed by atoms with Crippen molar-refractivity contribution >= 4 is 0 Å². The fourth-order valence-corrected chi connectivity index (χ4v) is 1.24. The van der Waals surface area contributed by atoms with Crippen molar-refractivity contribution in [2.45, 2.75) is 36.6 Å². The summed E-state index contributed by atoms with van der Waals surface area (Å²) in [5.41, 5.74) is 5.11. The Morgan fingerprint density at radius 2 is 1.25 bits per heavy atom. The van der Waals surface area contributed by atoms with Gasteiger partial charge in [-0.25, -0.2) is 4.39 Å². The van der Waals surface area contributed by atoms with Gasteiger partial charge in [-0.15, -0.1) is 0 Å². The van der Waals surface area contributed by atoms with Gasteiger partial charge < -0.3 is 26.2 Å². The molecule has 6 N–H and O–H groups in total. The topological polar surface area (TPSA) is 107 Å². The number of hydrogen-bond acceptors (Lipinski definition) is 5. The first-order valence-electron chi connectivity index (χ1n) is 3.58. The van der Waals surface area contributed by atoms with Crippen molar-refractivity contribution in [1.82, 2.24) is 0 Å². The highest BCUT2D eigenvalue weighted by Crippen LogP contribution is 2.22. The molecule has 1 aliphatic carbocycles. The summed E-state index contributed by atoms with van der Waals surface area (Å²) in [4.78, 5) is 0. The van der Waals surface area contributed by atoms with Crippen molar-refractivity contribution in [3.8, 4) is 0 Å². The molecular formula is C6H12FNO4. The second kappa shape index (κ2) is 3.23. The van der Waals surface area contributed by atoms with E-state index in [1.807, 2.05) is 0 Å². The summed E-state index contributed by atoms with van der Waals surface area (Å²) >= 11 is 0. The van der Waals surface area contributed by atoms with Crippen molar-refractivity contribution in [2.24, 2.45) is 5.73 Å². The predicted octanol–water partition coefficient (Wildman–Crippen LogP) is -2.89. The number of alkyl halides is 1. The average molecular weight is 181 g/mol. The fraction of sp³-hybridized carbons (Fsp3) is 1.00. The minimum absolute atomic E-state index is 1.36. The normalized spacial score (nSPS) is 55.5. The average Bonchev–Trinajstić information content (AvgIpc) is 2.08. The van der Waals surface area contributed by atoms with Crippen LogP contribution >= 0.6 is 0 Å². The van der Waals surface area contributed by atoms with E-state index in [9.17, 15) is 4.39 Å². The molecule has 6 heteroatoms. The van der Waals surface area contributed by atoms with E-state index in [4.69, 9.17) is 26.2 Å². The molecule has 0 aromatic rings. The lowest BCUT2D eigenvalue weighted by atomic mass is 9.85. The third-order valence-electron chi connectivity index (χ3n) is 2.14. The molecule has 1 saturated carbocycles. The summed E-state index contributed by atoms with van der Waals surface area (Å²) in [5.74, 6) is 0. The summed E-state index contributed by atoms with van der Waals surface area (Å²) in [7, 11) is 0. The van der Waals surface area contributed by atoms with Crippen molar-refractivity contribution in [3.05, 3.63) is 0 Å². The van der Waals surface area contributed by atoms with Gasteiger partial charge in [-0.2, -0.15) is 0 Å². The third kappa shape index (κ3) is 1.32. The number of rotatable bonds is 0. The second-order valence-corrected chi connectivity index (χ2v) is 2.98. The van der Waals surface area contributed by atoms with Crippen LogP contribution in [0.2, 0.25) is 0 Å². The summed E-state index contributed by atoms with van der Waals surface area (Å²) in [5, 5.41) is 35.9. The van der Waals surface area contributed by atoms with Crippen LogP contribution in [0.5, 0.6) is 0 Å². The highest BCUT2D eigenvalue weighted by Gasteiger charge is 2.47. The van der Waals surface area contributed by atoms with E-state index in [2.05, 4.69) is 0 Å². The lowest BCUT2D eigenvalue weighted by Crippen LogP contribution is -2.65. The Hall–Kier alpha value is -0.270. The SMILES string of the molecule is N[C@@H]1[C@H](O)[C@H](O)[C@@H](O)[C@@H](O)[C@@H]1F. The van der Waals surface area contributed by atoms with Gasteiger partial charge in [-0.1, -0.05) is 0 Å². The third-order valence-corrected chi connectivity index (χ3v) is 2.14. The van der Waals surface area contributed by atoms with E-state index in [1.165, 1.54) is 0 Å². The van der Waals surface area contributed by atoms with Crippen LogP contribution in [0.25, 0.3) is 0 Å². The lowest BCUT2D eigenvalue weighted by molar-refractivity contribution is -0.168. The van der Waals surface area contributed by atoms with Crippen LogP contribution in [0.1, 0.15) is 0 Å². The molecule has 12 heavy (non-hydrogen) atoms. The maximum atomic E-state index is 12.8. The number of aliphatic hydroxyl groups excluding tert-OH is 4. The molecule has 0 spiro atoms. The van der Waals surface area contributed by atoms with E-state index in [1.54, 1.807) is 0 Å². The molecule has 5 nitrogen and oxygen atoms in total. The number of nitrogens with two attached hydrogens (primary N) is 1. The lowest BCUT2D eigenvalue weighted by Gasteiger charge is -2.38. The van der Waals surface area contributed by atoms with E-state index in [0.29, 0.717) is 0 Å². The second-order valence-electron chi connectivity index (χ2n) is 2.98. The van der Waals surface area contributed by atoms with Gasteiger partial charge in [0.2, 0.25) is 0 Å². The van der Waals surface area contributed by atoms with Crippen molar-refractivity contribution in [1.29, 1.82) is 0 Å². The van der Waals surface area contributed by atoms with Crippen LogP contribution in [-0.4, -0.2) is 57.1 Å². The van der Waals surface area contributed by atoms with Crippen molar-refractivity contribution in [2.75, 3.05) is 0 Å². The molecule has 0 aliphatic heterocycles. The smallest absolute Gasteiger partial charge is 0.146 e. The van der Waals surface area contributed by atoms with Gasteiger partial charge in [0.25, 0.3) is 0 Å². The summed E-state index contributed by atoms with van der Waals surface area (Å²) < 4.78 is 12.8. The number of aliphatic hydroxyl groups is 4. The van der Waals surface area contributed by atoms with Crippen LogP contribution in [0.3, 0.4) is 0 Å². The Bertz CT molecular complexity index is 111. The first-order chi connectivity index (χ1) is 5.46. The maximum absolute atomic E-state index is 12.8. The fourth-order valence-electron chi connectivity index (χ4n) is 1.24. The Kier molecular flexibility index (Phi) is 2.64. The van der Waals surface area contributed by atoms with Crippen LogP contribution < -0.4 is 5.73 Å². The molecule has 0 aromatic carbocycles. The van der Waals surface area contributed by atoms with E-state index in [-0.39, 0.29) is 0 Å². The quantitative estimate of drug-likeness (QED) is 0.276. The molecule has 0 amide bonds. The molecule has 72 valence electrons. The van der Waals surface area contributed by atoms with Crippen molar-refractivity contribution in [3.63, 3.8) is 0 Å². The van der Waals surface area contributed by atoms with Crippen LogP contribution in [-0.2, 0) is 0 Å². The molecule has 1 aliphatic rings. The molecule has 0 unspecified atom stereocenters. The van der Waals surface area contributed by atoms with Crippen LogP contribution in [0.4, 0.5) is 4.39 Å². The molecule has 1 rings (SSSR count). The van der Waals surface area contributed by atoms with Gasteiger partial charge in [0.1, 0.15) is 30.6 Å². The molecule has 0 radical (unpaired) electrons. The minimum Gasteiger partial charge on any atom is -0.389 e. The first-order valence-corrected chi connectivity index (χ1v) is 3.58. The molecule has 0 aromatic heterocycles. The zero-order valence-corrected chi connectivity index (χ0v) is 6.21. The van der Waals surface area contributed by atoms with Crippen LogP contribution in [0, 0.1) is 0 Å². The Morgan fingerprint density at radius 1 is 0.833 bits per heavy atom. The molecule has 0 bridgehead atoms. The number of halogens is 1. The van der Waals surface area contributed by atoms with Gasteiger partial charge >= 0.3 is 0 Å². The largest absolute Gasteiger partial charge is 0.389 e. The highest BCUT2D eigenvalue weighted by molar-refractivity contribution is 5.00. The standard InChI is InChI=1S/C6H12FNO4/c7-1-2(8)4(10)6(12)5(11)3(1)9/h1-6,9-12H,8H2/t1-,2+,3+,4+,5+,6+/m1/s1. The molecule has 1 fully saturated rings. The molecular weight excluding hydrogens is 169 g/mol.